The minimum absolute atomic E-state index is 0.159. The number of aromatic nitrogens is 4. The highest BCUT2D eigenvalue weighted by Crippen LogP contribution is 2.34. The van der Waals surface area contributed by atoms with Gasteiger partial charge in [0.1, 0.15) is 29.0 Å². The van der Waals surface area contributed by atoms with Gasteiger partial charge in [0.05, 0.1) is 33.5 Å². The van der Waals surface area contributed by atoms with Crippen molar-refractivity contribution in [3.63, 3.8) is 0 Å². The normalized spacial score (nSPS) is 17.7. The fourth-order valence-electron chi connectivity index (χ4n) is 4.44. The lowest BCUT2D eigenvalue weighted by Gasteiger charge is -2.36. The second-order valence-electron chi connectivity index (χ2n) is 11.1. The zero-order valence-corrected chi connectivity index (χ0v) is 24.1. The number of carbonyl (C=O) groups is 2. The Labute approximate surface area is 225 Å². The average Bonchev–Trinajstić information content (AvgIpc) is 3.26. The van der Waals surface area contributed by atoms with Gasteiger partial charge in [0.2, 0.25) is 0 Å². The first-order valence-electron chi connectivity index (χ1n) is 13.1. The maximum absolute atomic E-state index is 13.2. The molecule has 1 aliphatic carbocycles. The van der Waals surface area contributed by atoms with Crippen LogP contribution in [0.25, 0.3) is 11.2 Å². The van der Waals surface area contributed by atoms with Crippen LogP contribution < -0.4 is 15.9 Å². The first-order valence-corrected chi connectivity index (χ1v) is 14.6. The summed E-state index contributed by atoms with van der Waals surface area (Å²) < 4.78 is 13.8. The number of nitrogen functional groups attached to an aromatic ring is 1. The third-order valence-electron chi connectivity index (χ3n) is 6.85. The van der Waals surface area contributed by atoms with Crippen LogP contribution >= 0.6 is 8.22 Å². The molecule has 3 atom stereocenters. The van der Waals surface area contributed by atoms with E-state index in [-0.39, 0.29) is 24.5 Å². The van der Waals surface area contributed by atoms with Crippen LogP contribution in [-0.2, 0) is 25.6 Å². The number of esters is 1. The molecule has 0 aliphatic heterocycles. The van der Waals surface area contributed by atoms with E-state index in [4.69, 9.17) is 15.2 Å². The lowest BCUT2D eigenvalue weighted by molar-refractivity contribution is -0.157. The van der Waals surface area contributed by atoms with Gasteiger partial charge < -0.3 is 24.9 Å². The number of hydrogen-bond acceptors (Lipinski definition) is 10. The molecular formula is C25H42N7O5P. The van der Waals surface area contributed by atoms with Gasteiger partial charge in [0.15, 0.2) is 11.5 Å². The topological polar surface area (TPSA) is 167 Å². The number of ether oxygens (including phenoxy) is 2. The van der Waals surface area contributed by atoms with E-state index < -0.39 is 25.3 Å². The average molecular weight is 552 g/mol. The molecule has 12 nitrogen and oxygen atoms in total. The Hall–Kier alpha value is -2.40. The summed E-state index contributed by atoms with van der Waals surface area (Å²) in [6.45, 7) is 11.0. The van der Waals surface area contributed by atoms with Gasteiger partial charge in [-0.1, -0.05) is 19.3 Å². The predicted octanol–water partition coefficient (Wildman–Crippen LogP) is 3.42. The molecule has 0 radical (unpaired) electrons. The van der Waals surface area contributed by atoms with E-state index in [9.17, 15) is 14.7 Å². The van der Waals surface area contributed by atoms with E-state index in [0.29, 0.717) is 29.4 Å². The monoisotopic (exact) mass is 551 g/mol. The van der Waals surface area contributed by atoms with Gasteiger partial charge in [-0.3, -0.25) is 19.8 Å². The van der Waals surface area contributed by atoms with Crippen molar-refractivity contribution < 1.29 is 24.2 Å². The fraction of sp³-hybridized carbons (Fsp3) is 0.720. The van der Waals surface area contributed by atoms with Crippen molar-refractivity contribution in [1.82, 2.24) is 29.7 Å². The summed E-state index contributed by atoms with van der Waals surface area (Å²) in [6.07, 6.45) is 8.44. The molecule has 0 bridgehead atoms. The molecule has 0 aromatic carbocycles. The minimum atomic E-state index is -1.45. The number of rotatable bonds is 13. The number of carbonyl (C=O) groups excluding carboxylic acids is 1. The quantitative estimate of drug-likeness (QED) is 0.213. The van der Waals surface area contributed by atoms with Gasteiger partial charge in [0, 0.05) is 0 Å². The largest absolute Gasteiger partial charge is 0.480 e. The minimum Gasteiger partial charge on any atom is -0.480 e. The van der Waals surface area contributed by atoms with Crippen LogP contribution in [0.2, 0.25) is 0 Å². The second kappa shape index (κ2) is 12.6. The molecule has 0 spiro atoms. The Morgan fingerprint density at radius 3 is 2.45 bits per heavy atom. The Balaban J connectivity index is 1.65. The molecule has 3 unspecified atom stereocenters. The van der Waals surface area contributed by atoms with Crippen LogP contribution in [0.4, 0.5) is 5.82 Å². The summed E-state index contributed by atoms with van der Waals surface area (Å²) >= 11 is 0. The number of fused-ring (bicyclic) bond motifs is 1. The molecule has 3 rings (SSSR count). The summed E-state index contributed by atoms with van der Waals surface area (Å²) in [4.78, 5) is 37.5. The zero-order chi connectivity index (χ0) is 28.1. The SMILES string of the molecule is CC(Cn1cnc2c(N)ncnc21)OCP(NC(C)(C)C(=O)O)NC(C)(C)C(=O)OC(C)C1CCCCC1. The molecule has 1 aliphatic rings. The summed E-state index contributed by atoms with van der Waals surface area (Å²) in [6, 6.07) is 0. The van der Waals surface area contributed by atoms with Crippen molar-refractivity contribution in [3.05, 3.63) is 12.7 Å². The lowest BCUT2D eigenvalue weighted by atomic mass is 9.86. The summed E-state index contributed by atoms with van der Waals surface area (Å²) in [5.74, 6) is -0.693. The molecule has 2 aromatic heterocycles. The number of carboxylic acid groups (broad SMARTS) is 1. The third kappa shape index (κ3) is 7.81. The van der Waals surface area contributed by atoms with E-state index in [0.717, 1.165) is 12.8 Å². The number of aliphatic carboxylic acids is 1. The Kier molecular flexibility index (Phi) is 10.0. The lowest BCUT2D eigenvalue weighted by Crippen LogP contribution is -2.52. The van der Waals surface area contributed by atoms with Crippen LogP contribution in [-0.4, -0.2) is 66.2 Å². The Bertz CT molecular complexity index is 1100. The molecule has 5 N–H and O–H groups in total. The van der Waals surface area contributed by atoms with Gasteiger partial charge in [0.25, 0.3) is 0 Å². The van der Waals surface area contributed by atoms with Gasteiger partial charge >= 0.3 is 11.9 Å². The number of hydrogen-bond donors (Lipinski definition) is 4. The number of nitrogens with two attached hydrogens (primary N) is 1. The first kappa shape index (κ1) is 30.1. The summed E-state index contributed by atoms with van der Waals surface area (Å²) in [7, 11) is -1.45. The van der Waals surface area contributed by atoms with E-state index >= 15 is 0 Å². The zero-order valence-electron chi connectivity index (χ0n) is 23.2. The van der Waals surface area contributed by atoms with Crippen molar-refractivity contribution in [2.75, 3.05) is 12.1 Å². The fourth-order valence-corrected chi connectivity index (χ4v) is 6.57. The summed E-state index contributed by atoms with van der Waals surface area (Å²) in [5, 5.41) is 16.1. The second-order valence-corrected chi connectivity index (χ2v) is 12.7. The highest BCUT2D eigenvalue weighted by molar-refractivity contribution is 7.53. The molecular weight excluding hydrogens is 509 g/mol. The number of nitrogens with zero attached hydrogens (tertiary/aromatic N) is 4. The van der Waals surface area contributed by atoms with Crippen LogP contribution in [0.1, 0.15) is 73.6 Å². The molecule has 0 amide bonds. The van der Waals surface area contributed by atoms with E-state index in [1.165, 1.54) is 25.6 Å². The Morgan fingerprint density at radius 2 is 1.79 bits per heavy atom. The van der Waals surface area contributed by atoms with Crippen molar-refractivity contribution in [3.8, 4) is 0 Å². The molecule has 1 fully saturated rings. The molecule has 2 heterocycles. The van der Waals surface area contributed by atoms with Gasteiger partial charge in [-0.25, -0.2) is 15.0 Å². The van der Waals surface area contributed by atoms with Crippen molar-refractivity contribution in [2.24, 2.45) is 5.92 Å². The molecule has 38 heavy (non-hydrogen) atoms. The van der Waals surface area contributed by atoms with E-state index in [1.54, 1.807) is 34.0 Å². The smallest absolute Gasteiger partial charge is 0.326 e. The van der Waals surface area contributed by atoms with Crippen molar-refractivity contribution in [2.45, 2.75) is 103 Å². The summed E-state index contributed by atoms with van der Waals surface area (Å²) in [5.41, 5.74) is 4.71. The van der Waals surface area contributed by atoms with Crippen LogP contribution in [0.3, 0.4) is 0 Å². The van der Waals surface area contributed by atoms with Crippen LogP contribution in [0.5, 0.6) is 0 Å². The first-order chi connectivity index (χ1) is 17.8. The van der Waals surface area contributed by atoms with E-state index in [1.807, 2.05) is 18.4 Å². The maximum atomic E-state index is 13.2. The van der Waals surface area contributed by atoms with Crippen molar-refractivity contribution in [1.29, 1.82) is 0 Å². The highest BCUT2D eigenvalue weighted by atomic mass is 31.1. The van der Waals surface area contributed by atoms with Gasteiger partial charge in [-0.2, -0.15) is 0 Å². The predicted molar refractivity (Wildman–Crippen MR) is 146 cm³/mol. The molecule has 1 saturated carbocycles. The maximum Gasteiger partial charge on any atom is 0.326 e. The van der Waals surface area contributed by atoms with Crippen LogP contribution in [0, 0.1) is 5.92 Å². The Morgan fingerprint density at radius 1 is 1.13 bits per heavy atom. The number of nitrogens with one attached hydrogen (secondary N) is 2. The third-order valence-corrected chi connectivity index (χ3v) is 8.92. The van der Waals surface area contributed by atoms with Gasteiger partial charge in [-0.05, 0) is 60.3 Å². The number of imidazole rings is 1. The standard InChI is InChI=1S/C25H42N7O5P/c1-16(12-32-14-29-19-20(26)27-13-28-21(19)32)36-15-38(30-24(3,4)22(33)34)31-25(5,6)23(35)37-17(2)18-10-8-7-9-11-18/h13-14,16-18,30-31H,7-12,15H2,1-6H3,(H,33,34)(H2,26,27,28). The number of anilines is 1. The molecule has 212 valence electrons. The highest BCUT2D eigenvalue weighted by Gasteiger charge is 2.38. The number of carboxylic acids is 1. The molecule has 0 saturated heterocycles. The van der Waals surface area contributed by atoms with Crippen molar-refractivity contribution >= 4 is 37.1 Å². The molecule has 13 heteroatoms. The van der Waals surface area contributed by atoms with E-state index in [2.05, 4.69) is 25.1 Å². The van der Waals surface area contributed by atoms with Crippen LogP contribution in [0.15, 0.2) is 12.7 Å². The molecule has 2 aromatic rings. The van der Waals surface area contributed by atoms with Gasteiger partial charge in [-0.15, -0.1) is 0 Å².